The Labute approximate surface area is 102 Å². The largest absolute Gasteiger partial charge is 0.302 e. The van der Waals surface area contributed by atoms with Crippen LogP contribution in [0.1, 0.15) is 5.69 Å². The quantitative estimate of drug-likeness (QED) is 0.605. The molecule has 0 fully saturated rings. The third-order valence-corrected chi connectivity index (χ3v) is 2.49. The fourth-order valence-electron chi connectivity index (χ4n) is 1.53. The maximum Gasteiger partial charge on any atom is 0.293 e. The molecule has 1 heterocycles. The van der Waals surface area contributed by atoms with Gasteiger partial charge in [0.1, 0.15) is 17.5 Å². The topological polar surface area (TPSA) is 71.9 Å². The van der Waals surface area contributed by atoms with Crippen molar-refractivity contribution in [1.82, 2.24) is 4.57 Å². The zero-order chi connectivity index (χ0) is 12.4. The third-order valence-electron chi connectivity index (χ3n) is 2.26. The van der Waals surface area contributed by atoms with E-state index in [-0.39, 0.29) is 11.4 Å². The first-order valence-electron chi connectivity index (χ1n) is 4.65. The fraction of sp³-hybridized carbons (Fsp3) is 0. The molecule has 0 aliphatic carbocycles. The van der Waals surface area contributed by atoms with Crippen molar-refractivity contribution in [2.45, 2.75) is 0 Å². The number of nitro benzene ring substituents is 1. The molecular formula is C11H6ClN3O2. The average molecular weight is 248 g/mol. The van der Waals surface area contributed by atoms with Crippen LogP contribution < -0.4 is 0 Å². The second kappa shape index (κ2) is 4.28. The summed E-state index contributed by atoms with van der Waals surface area (Å²) in [7, 11) is 0. The zero-order valence-electron chi connectivity index (χ0n) is 8.50. The number of nitro groups is 1. The Morgan fingerprint density at radius 3 is 2.82 bits per heavy atom. The lowest BCUT2D eigenvalue weighted by atomic mass is 10.2. The Bertz CT molecular complexity index is 628. The molecule has 1 aromatic heterocycles. The number of rotatable bonds is 2. The molecule has 0 aliphatic rings. The van der Waals surface area contributed by atoms with Crippen LogP contribution in [0.5, 0.6) is 0 Å². The van der Waals surface area contributed by atoms with Gasteiger partial charge in [-0.05, 0) is 24.3 Å². The molecule has 84 valence electrons. The molecule has 17 heavy (non-hydrogen) atoms. The van der Waals surface area contributed by atoms with Gasteiger partial charge in [-0.25, -0.2) is 0 Å². The molecule has 0 bridgehead atoms. The predicted octanol–water partition coefficient (Wildman–Crippen LogP) is 2.91. The van der Waals surface area contributed by atoms with Crippen LogP contribution in [0.3, 0.4) is 0 Å². The lowest BCUT2D eigenvalue weighted by Gasteiger charge is -2.06. The number of halogens is 1. The second-order valence-electron chi connectivity index (χ2n) is 3.27. The first-order chi connectivity index (χ1) is 8.13. The summed E-state index contributed by atoms with van der Waals surface area (Å²) in [4.78, 5) is 10.4. The van der Waals surface area contributed by atoms with Gasteiger partial charge in [-0.1, -0.05) is 11.6 Å². The van der Waals surface area contributed by atoms with Crippen LogP contribution in [-0.4, -0.2) is 9.49 Å². The number of nitrogens with zero attached hydrogens (tertiary/aromatic N) is 3. The smallest absolute Gasteiger partial charge is 0.293 e. The molecule has 0 radical (unpaired) electrons. The van der Waals surface area contributed by atoms with E-state index in [1.54, 1.807) is 18.3 Å². The van der Waals surface area contributed by atoms with Crippen LogP contribution in [-0.2, 0) is 0 Å². The zero-order valence-corrected chi connectivity index (χ0v) is 9.26. The van der Waals surface area contributed by atoms with E-state index in [1.165, 1.54) is 22.8 Å². The monoisotopic (exact) mass is 247 g/mol. The van der Waals surface area contributed by atoms with E-state index in [1.807, 2.05) is 6.07 Å². The van der Waals surface area contributed by atoms with Crippen molar-refractivity contribution >= 4 is 17.3 Å². The van der Waals surface area contributed by atoms with E-state index < -0.39 is 4.92 Å². The lowest BCUT2D eigenvalue weighted by molar-refractivity contribution is -0.384. The van der Waals surface area contributed by atoms with Crippen LogP contribution in [0.4, 0.5) is 5.69 Å². The molecule has 0 saturated heterocycles. The summed E-state index contributed by atoms with van der Waals surface area (Å²) in [6.07, 6.45) is 1.58. The summed E-state index contributed by atoms with van der Waals surface area (Å²) < 4.78 is 1.43. The van der Waals surface area contributed by atoms with Crippen LogP contribution in [0.2, 0.25) is 5.02 Å². The summed E-state index contributed by atoms with van der Waals surface area (Å²) in [6.45, 7) is 0. The molecule has 0 saturated carbocycles. The highest BCUT2D eigenvalue weighted by molar-refractivity contribution is 6.30. The van der Waals surface area contributed by atoms with Crippen molar-refractivity contribution in [2.75, 3.05) is 0 Å². The molecular weight excluding hydrogens is 242 g/mol. The molecule has 2 rings (SSSR count). The highest BCUT2D eigenvalue weighted by Crippen LogP contribution is 2.27. The summed E-state index contributed by atoms with van der Waals surface area (Å²) in [5.74, 6) is 0. The maximum absolute atomic E-state index is 10.9. The van der Waals surface area contributed by atoms with Crippen molar-refractivity contribution in [3.05, 3.63) is 57.4 Å². The van der Waals surface area contributed by atoms with E-state index in [0.717, 1.165) is 0 Å². The van der Waals surface area contributed by atoms with Crippen molar-refractivity contribution in [1.29, 1.82) is 5.26 Å². The first-order valence-corrected chi connectivity index (χ1v) is 5.03. The van der Waals surface area contributed by atoms with Gasteiger partial charge in [0, 0.05) is 17.3 Å². The van der Waals surface area contributed by atoms with E-state index in [2.05, 4.69) is 0 Å². The molecule has 6 heteroatoms. The van der Waals surface area contributed by atoms with Gasteiger partial charge in [0.15, 0.2) is 0 Å². The molecule has 0 amide bonds. The number of hydrogen-bond acceptors (Lipinski definition) is 3. The standard InChI is InChI=1S/C11H6ClN3O2/c12-8-3-4-10(15(16)17)11(6-8)14-5-1-2-9(14)7-13/h1-6H. The molecule has 5 nitrogen and oxygen atoms in total. The summed E-state index contributed by atoms with van der Waals surface area (Å²) in [5, 5.41) is 20.2. The minimum absolute atomic E-state index is 0.0953. The van der Waals surface area contributed by atoms with Crippen molar-refractivity contribution < 1.29 is 4.92 Å². The van der Waals surface area contributed by atoms with Crippen LogP contribution in [0.25, 0.3) is 5.69 Å². The SMILES string of the molecule is N#Cc1cccn1-c1cc(Cl)ccc1[N+](=O)[O-]. The lowest BCUT2D eigenvalue weighted by Crippen LogP contribution is -2.00. The average Bonchev–Trinajstić information content (AvgIpc) is 2.76. The molecule has 0 aliphatic heterocycles. The third kappa shape index (κ3) is 1.98. The van der Waals surface area contributed by atoms with E-state index in [9.17, 15) is 10.1 Å². The summed E-state index contributed by atoms with van der Waals surface area (Å²) in [5.41, 5.74) is 0.501. The maximum atomic E-state index is 10.9. The minimum Gasteiger partial charge on any atom is -0.302 e. The molecule has 0 N–H and O–H groups in total. The highest BCUT2D eigenvalue weighted by Gasteiger charge is 2.17. The van der Waals surface area contributed by atoms with Crippen LogP contribution in [0.15, 0.2) is 36.5 Å². The normalized spacial score (nSPS) is 9.88. The van der Waals surface area contributed by atoms with Crippen molar-refractivity contribution in [3.63, 3.8) is 0 Å². The summed E-state index contributed by atoms with van der Waals surface area (Å²) >= 11 is 5.82. The number of nitriles is 1. The molecule has 0 unspecified atom stereocenters. The Balaban J connectivity index is 2.70. The first kappa shape index (κ1) is 11.2. The molecule has 2 aromatic rings. The van der Waals surface area contributed by atoms with Gasteiger partial charge >= 0.3 is 0 Å². The molecule has 0 spiro atoms. The number of hydrogen-bond donors (Lipinski definition) is 0. The van der Waals surface area contributed by atoms with Gasteiger partial charge in [0.25, 0.3) is 5.69 Å². The van der Waals surface area contributed by atoms with Crippen molar-refractivity contribution in [3.8, 4) is 11.8 Å². The van der Waals surface area contributed by atoms with Gasteiger partial charge in [-0.15, -0.1) is 0 Å². The van der Waals surface area contributed by atoms with Crippen LogP contribution >= 0.6 is 11.6 Å². The highest BCUT2D eigenvalue weighted by atomic mass is 35.5. The Morgan fingerprint density at radius 2 is 2.18 bits per heavy atom. The van der Waals surface area contributed by atoms with Gasteiger partial charge < -0.3 is 4.57 Å². The Kier molecular flexibility index (Phi) is 2.81. The Morgan fingerprint density at radius 1 is 1.41 bits per heavy atom. The van der Waals surface area contributed by atoms with Gasteiger partial charge in [-0.2, -0.15) is 5.26 Å². The Hall–Kier alpha value is -2.32. The van der Waals surface area contributed by atoms with Gasteiger partial charge in [0.2, 0.25) is 0 Å². The van der Waals surface area contributed by atoms with Gasteiger partial charge in [0.05, 0.1) is 4.92 Å². The molecule has 0 atom stereocenters. The van der Waals surface area contributed by atoms with Gasteiger partial charge in [-0.3, -0.25) is 10.1 Å². The summed E-state index contributed by atoms with van der Waals surface area (Å²) in [6, 6.07) is 9.39. The van der Waals surface area contributed by atoms with E-state index >= 15 is 0 Å². The van der Waals surface area contributed by atoms with Crippen LogP contribution in [0, 0.1) is 21.4 Å². The number of benzene rings is 1. The fourth-order valence-corrected chi connectivity index (χ4v) is 1.69. The predicted molar refractivity (Wildman–Crippen MR) is 62.1 cm³/mol. The molecule has 1 aromatic carbocycles. The number of aromatic nitrogens is 1. The van der Waals surface area contributed by atoms with E-state index in [4.69, 9.17) is 16.9 Å². The van der Waals surface area contributed by atoms with E-state index in [0.29, 0.717) is 10.7 Å². The minimum atomic E-state index is -0.507. The second-order valence-corrected chi connectivity index (χ2v) is 3.70. The van der Waals surface area contributed by atoms with Crippen molar-refractivity contribution in [2.24, 2.45) is 0 Å².